The van der Waals surface area contributed by atoms with E-state index in [1.54, 1.807) is 38.1 Å². The molecule has 0 heterocycles. The number of benzene rings is 1. The summed E-state index contributed by atoms with van der Waals surface area (Å²) in [7, 11) is 0. The van der Waals surface area contributed by atoms with E-state index < -0.39 is 0 Å². The van der Waals surface area contributed by atoms with Gasteiger partial charge in [0.2, 0.25) is 0 Å². The minimum Gasteiger partial charge on any atom is -0.290 e. The Morgan fingerprint density at radius 3 is 2.11 bits per heavy atom. The van der Waals surface area contributed by atoms with Crippen LogP contribution in [0.25, 0.3) is 0 Å². The summed E-state index contributed by atoms with van der Waals surface area (Å²) in [6.07, 6.45) is 2.98. The number of carbonyl (C=O) groups is 2. The minimum atomic E-state index is -0.291. The molecular formula is C15H13NO2. The summed E-state index contributed by atoms with van der Waals surface area (Å²) in [5.74, 6) is -0.350. The third-order valence-corrected chi connectivity index (χ3v) is 2.70. The Balaban J connectivity index is 2.35. The molecule has 0 saturated heterocycles. The summed E-state index contributed by atoms with van der Waals surface area (Å²) >= 11 is 0. The van der Waals surface area contributed by atoms with Crippen LogP contribution in [0.15, 0.2) is 58.6 Å². The third kappa shape index (κ3) is 2.51. The van der Waals surface area contributed by atoms with Crippen molar-refractivity contribution in [3.63, 3.8) is 0 Å². The first-order valence-corrected chi connectivity index (χ1v) is 5.67. The Bertz CT molecular complexity index is 568. The second-order valence-corrected chi connectivity index (χ2v) is 4.19. The number of allylic oxidation sites excluding steroid dienone is 4. The van der Waals surface area contributed by atoms with Crippen molar-refractivity contribution in [2.24, 2.45) is 4.99 Å². The van der Waals surface area contributed by atoms with Gasteiger partial charge in [-0.1, -0.05) is 18.2 Å². The van der Waals surface area contributed by atoms with Gasteiger partial charge in [-0.3, -0.25) is 9.59 Å². The Morgan fingerprint density at radius 2 is 1.56 bits per heavy atom. The number of hydrogen-bond acceptors (Lipinski definition) is 2. The molecule has 0 spiro atoms. The molecule has 0 atom stereocenters. The van der Waals surface area contributed by atoms with Crippen molar-refractivity contribution in [3.05, 3.63) is 59.2 Å². The van der Waals surface area contributed by atoms with Crippen molar-refractivity contribution >= 4 is 17.4 Å². The van der Waals surface area contributed by atoms with Gasteiger partial charge >= 0.3 is 0 Å². The highest BCUT2D eigenvalue weighted by molar-refractivity contribution is 6.25. The van der Waals surface area contributed by atoms with Crippen molar-refractivity contribution < 1.29 is 9.59 Å². The van der Waals surface area contributed by atoms with Crippen LogP contribution in [0.4, 0.5) is 0 Å². The summed E-state index contributed by atoms with van der Waals surface area (Å²) in [6.45, 7) is 3.57. The van der Waals surface area contributed by atoms with Crippen LogP contribution in [0.2, 0.25) is 0 Å². The van der Waals surface area contributed by atoms with E-state index in [4.69, 9.17) is 0 Å². The predicted molar refractivity (Wildman–Crippen MR) is 70.7 cm³/mol. The van der Waals surface area contributed by atoms with Gasteiger partial charge in [-0.25, -0.2) is 4.99 Å². The van der Waals surface area contributed by atoms with Crippen molar-refractivity contribution in [3.8, 4) is 0 Å². The topological polar surface area (TPSA) is 46.5 Å². The number of rotatable bonds is 1. The quantitative estimate of drug-likeness (QED) is 0.707. The lowest BCUT2D eigenvalue weighted by Gasteiger charge is -2.10. The minimum absolute atomic E-state index is 0.0592. The Labute approximate surface area is 106 Å². The largest absolute Gasteiger partial charge is 0.290 e. The van der Waals surface area contributed by atoms with Crippen LogP contribution in [0.5, 0.6) is 0 Å². The molecule has 0 aliphatic heterocycles. The second kappa shape index (κ2) is 4.92. The first kappa shape index (κ1) is 12.2. The molecule has 0 radical (unpaired) electrons. The summed E-state index contributed by atoms with van der Waals surface area (Å²) < 4.78 is 0. The van der Waals surface area contributed by atoms with Gasteiger partial charge in [-0.2, -0.15) is 0 Å². The molecule has 0 bridgehead atoms. The molecular weight excluding hydrogens is 226 g/mol. The highest BCUT2D eigenvalue weighted by Crippen LogP contribution is 2.15. The van der Waals surface area contributed by atoms with Crippen molar-refractivity contribution in [2.45, 2.75) is 13.8 Å². The monoisotopic (exact) mass is 239 g/mol. The molecule has 1 aromatic carbocycles. The lowest BCUT2D eigenvalue weighted by atomic mass is 9.97. The van der Waals surface area contributed by atoms with Gasteiger partial charge in [0, 0.05) is 5.56 Å². The van der Waals surface area contributed by atoms with Crippen LogP contribution in [0.3, 0.4) is 0 Å². The molecule has 2 rings (SSSR count). The Hall–Kier alpha value is -2.29. The van der Waals surface area contributed by atoms with Gasteiger partial charge in [0.05, 0.1) is 5.71 Å². The molecule has 1 aromatic rings. The summed E-state index contributed by atoms with van der Waals surface area (Å²) in [4.78, 5) is 27.3. The number of ketones is 1. The van der Waals surface area contributed by atoms with Crippen molar-refractivity contribution in [1.29, 1.82) is 0 Å². The average molecular weight is 239 g/mol. The third-order valence-electron chi connectivity index (χ3n) is 2.70. The SMILES string of the molecule is CC1=CC(=O)C=C(C)C1=NC(=O)c1ccccc1. The normalized spacial score (nSPS) is 15.0. The zero-order valence-corrected chi connectivity index (χ0v) is 10.3. The zero-order chi connectivity index (χ0) is 13.1. The molecule has 1 aliphatic carbocycles. The van der Waals surface area contributed by atoms with Crippen LogP contribution in [0.1, 0.15) is 24.2 Å². The van der Waals surface area contributed by atoms with Crippen LogP contribution >= 0.6 is 0 Å². The fourth-order valence-electron chi connectivity index (χ4n) is 1.84. The van der Waals surface area contributed by atoms with Crippen LogP contribution in [-0.4, -0.2) is 17.4 Å². The van der Waals surface area contributed by atoms with Gasteiger partial charge in [0.15, 0.2) is 5.78 Å². The van der Waals surface area contributed by atoms with E-state index >= 15 is 0 Å². The molecule has 3 heteroatoms. The van der Waals surface area contributed by atoms with E-state index in [9.17, 15) is 9.59 Å². The predicted octanol–water partition coefficient (Wildman–Crippen LogP) is 2.74. The first-order valence-electron chi connectivity index (χ1n) is 5.67. The molecule has 1 amide bonds. The first-order chi connectivity index (χ1) is 8.58. The average Bonchev–Trinajstić information content (AvgIpc) is 2.34. The van der Waals surface area contributed by atoms with E-state index in [2.05, 4.69) is 4.99 Å². The number of aliphatic imine (C=N–C) groups is 1. The van der Waals surface area contributed by atoms with E-state index in [0.717, 1.165) is 11.1 Å². The molecule has 0 saturated carbocycles. The molecule has 0 unspecified atom stereocenters. The van der Waals surface area contributed by atoms with E-state index in [1.165, 1.54) is 12.2 Å². The maximum absolute atomic E-state index is 12.0. The highest BCUT2D eigenvalue weighted by Gasteiger charge is 2.15. The molecule has 90 valence electrons. The van der Waals surface area contributed by atoms with Gasteiger partial charge in [-0.15, -0.1) is 0 Å². The standard InChI is InChI=1S/C15H13NO2/c1-10-8-13(17)9-11(2)14(10)16-15(18)12-6-4-3-5-7-12/h3-9H,1-2H3. The lowest BCUT2D eigenvalue weighted by Crippen LogP contribution is -2.13. The van der Waals surface area contributed by atoms with Crippen molar-refractivity contribution in [2.75, 3.05) is 0 Å². The maximum Gasteiger partial charge on any atom is 0.277 e. The molecule has 18 heavy (non-hydrogen) atoms. The number of amides is 1. The second-order valence-electron chi connectivity index (χ2n) is 4.19. The fourth-order valence-corrected chi connectivity index (χ4v) is 1.84. The van der Waals surface area contributed by atoms with E-state index in [0.29, 0.717) is 11.3 Å². The number of nitrogens with zero attached hydrogens (tertiary/aromatic N) is 1. The highest BCUT2D eigenvalue weighted by atomic mass is 16.1. The molecule has 0 N–H and O–H groups in total. The van der Waals surface area contributed by atoms with Gasteiger partial charge in [0.25, 0.3) is 5.91 Å². The molecule has 0 aromatic heterocycles. The van der Waals surface area contributed by atoms with Gasteiger partial charge in [0.1, 0.15) is 0 Å². The molecule has 3 nitrogen and oxygen atoms in total. The maximum atomic E-state index is 12.0. The van der Waals surface area contributed by atoms with Gasteiger partial charge in [-0.05, 0) is 49.3 Å². The number of carbonyl (C=O) groups excluding carboxylic acids is 2. The molecule has 1 aliphatic rings. The van der Waals surface area contributed by atoms with E-state index in [1.807, 2.05) is 6.07 Å². The summed E-state index contributed by atoms with van der Waals surface area (Å²) in [5, 5.41) is 0. The smallest absolute Gasteiger partial charge is 0.277 e. The summed E-state index contributed by atoms with van der Waals surface area (Å²) in [5.41, 5.74) is 2.58. The van der Waals surface area contributed by atoms with Crippen LogP contribution in [0, 0.1) is 0 Å². The van der Waals surface area contributed by atoms with Crippen LogP contribution in [-0.2, 0) is 4.79 Å². The van der Waals surface area contributed by atoms with E-state index in [-0.39, 0.29) is 11.7 Å². The zero-order valence-electron chi connectivity index (χ0n) is 10.3. The van der Waals surface area contributed by atoms with Crippen molar-refractivity contribution in [1.82, 2.24) is 0 Å². The summed E-state index contributed by atoms with van der Waals surface area (Å²) in [6, 6.07) is 8.88. The number of hydrogen-bond donors (Lipinski definition) is 0. The molecule has 0 fully saturated rings. The fraction of sp³-hybridized carbons (Fsp3) is 0.133. The Morgan fingerprint density at radius 1 is 1.00 bits per heavy atom. The lowest BCUT2D eigenvalue weighted by molar-refractivity contribution is -0.110. The Kier molecular flexibility index (Phi) is 3.33. The van der Waals surface area contributed by atoms with Gasteiger partial charge < -0.3 is 0 Å². The van der Waals surface area contributed by atoms with Crippen LogP contribution < -0.4 is 0 Å².